The molecule has 1 atom stereocenters. The van der Waals surface area contributed by atoms with Crippen LogP contribution >= 0.6 is 11.6 Å². The van der Waals surface area contributed by atoms with E-state index in [1.165, 1.54) is 30.4 Å². The van der Waals surface area contributed by atoms with Crippen LogP contribution in [0.3, 0.4) is 0 Å². The van der Waals surface area contributed by atoms with Crippen molar-refractivity contribution in [1.82, 2.24) is 25.5 Å². The van der Waals surface area contributed by atoms with E-state index in [1.54, 1.807) is 48.5 Å². The van der Waals surface area contributed by atoms with Crippen molar-refractivity contribution < 1.29 is 14.4 Å². The largest absolute Gasteiger partial charge is 0.343 e. The number of nitrogens with zero attached hydrogens (tertiary/aromatic N) is 4. The number of benzene rings is 2. The Bertz CT molecular complexity index is 1270. The van der Waals surface area contributed by atoms with Crippen LogP contribution in [-0.4, -0.2) is 43.7 Å². The van der Waals surface area contributed by atoms with Crippen LogP contribution in [0.1, 0.15) is 66.9 Å². The summed E-state index contributed by atoms with van der Waals surface area (Å²) in [5.41, 5.74) is 2.76. The highest BCUT2D eigenvalue weighted by molar-refractivity contribution is 6.30. The van der Waals surface area contributed by atoms with Gasteiger partial charge in [0.05, 0.1) is 11.7 Å². The number of aromatic nitrogens is 4. The Kier molecular flexibility index (Phi) is 8.95. The molecule has 1 aromatic heterocycles. The van der Waals surface area contributed by atoms with Gasteiger partial charge in [0, 0.05) is 28.6 Å². The number of nitrogens with one attached hydrogen (secondary N) is 1. The van der Waals surface area contributed by atoms with Gasteiger partial charge in [0.1, 0.15) is 6.33 Å². The van der Waals surface area contributed by atoms with Crippen LogP contribution < -0.4 is 5.32 Å². The van der Waals surface area contributed by atoms with Gasteiger partial charge in [-0.3, -0.25) is 14.4 Å². The van der Waals surface area contributed by atoms with Crippen LogP contribution in [0.2, 0.25) is 5.02 Å². The van der Waals surface area contributed by atoms with E-state index in [0.29, 0.717) is 34.2 Å². The van der Waals surface area contributed by atoms with E-state index in [1.807, 2.05) is 0 Å². The van der Waals surface area contributed by atoms with E-state index < -0.39 is 6.04 Å². The van der Waals surface area contributed by atoms with Crippen LogP contribution in [0.5, 0.6) is 0 Å². The maximum atomic E-state index is 13.3. The third-order valence-electron chi connectivity index (χ3n) is 6.74. The summed E-state index contributed by atoms with van der Waals surface area (Å²) in [6, 6.07) is 11.7. The zero-order valence-electron chi connectivity index (χ0n) is 20.8. The maximum Gasteiger partial charge on any atom is 0.244 e. The lowest BCUT2D eigenvalue weighted by Crippen LogP contribution is -2.42. The first kappa shape index (κ1) is 26.4. The Hall–Kier alpha value is -3.65. The monoisotopic (exact) mass is 519 g/mol. The summed E-state index contributed by atoms with van der Waals surface area (Å²) in [6.07, 6.45) is 11.0. The van der Waals surface area contributed by atoms with Crippen LogP contribution in [0.25, 0.3) is 11.8 Å². The van der Waals surface area contributed by atoms with Crippen molar-refractivity contribution in [2.24, 2.45) is 5.92 Å². The highest BCUT2D eigenvalue weighted by atomic mass is 35.5. The summed E-state index contributed by atoms with van der Waals surface area (Å²) >= 11 is 6.17. The molecule has 2 aromatic carbocycles. The number of rotatable bonds is 10. The Labute approximate surface area is 221 Å². The molecule has 8 nitrogen and oxygen atoms in total. The van der Waals surface area contributed by atoms with Crippen LogP contribution in [0.15, 0.2) is 54.9 Å². The molecule has 3 aromatic rings. The van der Waals surface area contributed by atoms with Crippen molar-refractivity contribution in [1.29, 1.82) is 0 Å². The molecule has 9 heteroatoms. The minimum absolute atomic E-state index is 0.0185. The van der Waals surface area contributed by atoms with E-state index >= 15 is 0 Å². The summed E-state index contributed by atoms with van der Waals surface area (Å²) in [7, 11) is 0. The fourth-order valence-corrected chi connectivity index (χ4v) is 4.91. The summed E-state index contributed by atoms with van der Waals surface area (Å²) in [4.78, 5) is 37.8. The lowest BCUT2D eigenvalue weighted by molar-refractivity contribution is -0.125. The minimum Gasteiger partial charge on any atom is -0.343 e. The molecular weight excluding hydrogens is 490 g/mol. The smallest absolute Gasteiger partial charge is 0.244 e. The highest BCUT2D eigenvalue weighted by Crippen LogP contribution is 2.28. The average molecular weight is 520 g/mol. The molecule has 0 bridgehead atoms. The second-order valence-electron chi connectivity index (χ2n) is 9.49. The second kappa shape index (κ2) is 12.5. The number of Topliss-reactive ketones (excluding diaryl/α,β-unsaturated/α-hetero) is 2. The maximum absolute atomic E-state index is 13.3. The van der Waals surface area contributed by atoms with Crippen LogP contribution in [0, 0.1) is 5.92 Å². The quantitative estimate of drug-likeness (QED) is 0.304. The number of amides is 1. The molecule has 0 saturated heterocycles. The predicted molar refractivity (Wildman–Crippen MR) is 141 cm³/mol. The van der Waals surface area contributed by atoms with E-state index in [9.17, 15) is 14.4 Å². The van der Waals surface area contributed by atoms with Gasteiger partial charge in [-0.05, 0) is 59.5 Å². The number of tetrazole rings is 1. The highest BCUT2D eigenvalue weighted by Gasteiger charge is 2.25. The lowest BCUT2D eigenvalue weighted by atomic mass is 9.83. The molecule has 1 heterocycles. The predicted octanol–water partition coefficient (Wildman–Crippen LogP) is 4.80. The van der Waals surface area contributed by atoms with Gasteiger partial charge in [-0.2, -0.15) is 4.68 Å². The normalized spacial score (nSPS) is 15.0. The number of ketones is 2. The SMILES string of the molecule is CC(=O)c1ccc(CC(=O)[C@H](CC2CCCCC2)NC(=O)/C=C/c2cc(Cl)ccc2-n2cnnn2)cc1. The zero-order valence-corrected chi connectivity index (χ0v) is 21.5. The average Bonchev–Trinajstić information content (AvgIpc) is 3.43. The Morgan fingerprint density at radius 1 is 1.11 bits per heavy atom. The molecule has 37 heavy (non-hydrogen) atoms. The number of halogens is 1. The Morgan fingerprint density at radius 3 is 2.54 bits per heavy atom. The third kappa shape index (κ3) is 7.43. The number of hydrogen-bond donors (Lipinski definition) is 1. The molecule has 0 unspecified atom stereocenters. The first-order valence-corrected chi connectivity index (χ1v) is 12.9. The Morgan fingerprint density at radius 2 is 1.86 bits per heavy atom. The van der Waals surface area contributed by atoms with Gasteiger partial charge < -0.3 is 5.32 Å². The molecule has 1 N–H and O–H groups in total. The number of hydrogen-bond acceptors (Lipinski definition) is 6. The van der Waals surface area contributed by atoms with Gasteiger partial charge in [-0.1, -0.05) is 68.0 Å². The van der Waals surface area contributed by atoms with Crippen molar-refractivity contribution in [3.05, 3.63) is 76.6 Å². The van der Waals surface area contributed by atoms with Crippen LogP contribution in [-0.2, 0) is 16.0 Å². The molecule has 1 aliphatic rings. The van der Waals surface area contributed by atoms with Gasteiger partial charge >= 0.3 is 0 Å². The summed E-state index contributed by atoms with van der Waals surface area (Å²) in [6.45, 7) is 1.51. The summed E-state index contributed by atoms with van der Waals surface area (Å²) < 4.78 is 1.49. The van der Waals surface area contributed by atoms with Crippen molar-refractivity contribution in [2.45, 2.75) is 57.9 Å². The molecule has 4 rings (SSSR count). The van der Waals surface area contributed by atoms with Gasteiger partial charge in [-0.15, -0.1) is 5.10 Å². The van der Waals surface area contributed by atoms with Gasteiger partial charge in [0.15, 0.2) is 11.6 Å². The van der Waals surface area contributed by atoms with Crippen molar-refractivity contribution in [3.8, 4) is 5.69 Å². The first-order chi connectivity index (χ1) is 17.9. The molecule has 1 saturated carbocycles. The molecule has 0 radical (unpaired) electrons. The molecule has 0 aliphatic heterocycles. The van der Waals surface area contributed by atoms with Crippen molar-refractivity contribution >= 4 is 35.2 Å². The third-order valence-corrected chi connectivity index (χ3v) is 6.97. The second-order valence-corrected chi connectivity index (χ2v) is 9.92. The fourth-order valence-electron chi connectivity index (χ4n) is 4.73. The lowest BCUT2D eigenvalue weighted by Gasteiger charge is -2.26. The summed E-state index contributed by atoms with van der Waals surface area (Å²) in [5.74, 6) is -0.00905. The molecule has 0 spiro atoms. The molecule has 1 amide bonds. The number of carbonyl (C=O) groups excluding carboxylic acids is 3. The Balaban J connectivity index is 1.48. The summed E-state index contributed by atoms with van der Waals surface area (Å²) in [5, 5.41) is 14.7. The van der Waals surface area contributed by atoms with Crippen LogP contribution in [0.4, 0.5) is 0 Å². The molecule has 1 aliphatic carbocycles. The fraction of sp³-hybridized carbons (Fsp3) is 0.357. The first-order valence-electron chi connectivity index (χ1n) is 12.5. The molecule has 1 fully saturated rings. The van der Waals surface area contributed by atoms with Gasteiger partial charge in [-0.25, -0.2) is 0 Å². The van der Waals surface area contributed by atoms with E-state index in [-0.39, 0.29) is 23.9 Å². The number of carbonyl (C=O) groups is 3. The van der Waals surface area contributed by atoms with E-state index in [2.05, 4.69) is 20.8 Å². The van der Waals surface area contributed by atoms with Crippen molar-refractivity contribution in [2.75, 3.05) is 0 Å². The standard InChI is InChI=1S/C28H30ClN5O3/c1-19(35)22-9-7-21(8-10-22)16-27(36)25(15-20-5-3-2-4-6-20)31-28(37)14-11-23-17-24(29)12-13-26(23)34-18-30-32-33-34/h7-14,17-18,20,25H,2-6,15-16H2,1H3,(H,31,37)/b14-11+/t25-/m0/s1. The van der Waals surface area contributed by atoms with Gasteiger partial charge in [0.25, 0.3) is 0 Å². The topological polar surface area (TPSA) is 107 Å². The van der Waals surface area contributed by atoms with Crippen molar-refractivity contribution in [3.63, 3.8) is 0 Å². The van der Waals surface area contributed by atoms with E-state index in [4.69, 9.17) is 11.6 Å². The zero-order chi connectivity index (χ0) is 26.2. The molecule has 192 valence electrons. The van der Waals surface area contributed by atoms with Gasteiger partial charge in [0.2, 0.25) is 5.91 Å². The molecular formula is C28H30ClN5O3. The van der Waals surface area contributed by atoms with E-state index in [0.717, 1.165) is 31.2 Å². The minimum atomic E-state index is -0.592.